The third kappa shape index (κ3) is 3.01. The summed E-state index contributed by atoms with van der Waals surface area (Å²) < 4.78 is 33.7. The number of oxazole rings is 1. The van der Waals surface area contributed by atoms with E-state index in [-0.39, 0.29) is 5.56 Å². The molecule has 0 spiro atoms. The van der Waals surface area contributed by atoms with E-state index in [1.807, 2.05) is 43.3 Å². The molecule has 0 saturated heterocycles. The highest BCUT2D eigenvalue weighted by Gasteiger charge is 2.14. The van der Waals surface area contributed by atoms with Crippen LogP contribution in [0, 0.1) is 18.6 Å². The molecular weight excluding hydrogens is 370 g/mol. The van der Waals surface area contributed by atoms with Crippen LogP contribution in [0.3, 0.4) is 0 Å². The van der Waals surface area contributed by atoms with Crippen molar-refractivity contribution < 1.29 is 13.2 Å². The molecule has 0 bridgehead atoms. The van der Waals surface area contributed by atoms with Crippen molar-refractivity contribution in [2.24, 2.45) is 0 Å². The number of halogens is 2. The predicted molar refractivity (Wildman–Crippen MR) is 109 cm³/mol. The molecule has 5 heteroatoms. The molecule has 2 aromatic heterocycles. The molecule has 5 rings (SSSR count). The average molecular weight is 386 g/mol. The average Bonchev–Trinajstić information content (AvgIpc) is 3.37. The SMILES string of the molecule is Cc1cc(-c2ncco2)ccc1-c1ccc2[nH]c(-c3c(F)cccc3F)cc2c1. The normalized spacial score (nSPS) is 11.3. The Morgan fingerprint density at radius 2 is 1.69 bits per heavy atom. The van der Waals surface area contributed by atoms with E-state index < -0.39 is 11.6 Å². The summed E-state index contributed by atoms with van der Waals surface area (Å²) in [6.45, 7) is 2.03. The highest BCUT2D eigenvalue weighted by molar-refractivity contribution is 5.90. The van der Waals surface area contributed by atoms with Crippen molar-refractivity contribution >= 4 is 10.9 Å². The monoisotopic (exact) mass is 386 g/mol. The first-order valence-electron chi connectivity index (χ1n) is 9.18. The maximum absolute atomic E-state index is 14.1. The van der Waals surface area contributed by atoms with Crippen LogP contribution in [-0.2, 0) is 0 Å². The molecule has 0 unspecified atom stereocenters. The van der Waals surface area contributed by atoms with Crippen LogP contribution in [0.5, 0.6) is 0 Å². The van der Waals surface area contributed by atoms with Gasteiger partial charge in [0.25, 0.3) is 0 Å². The summed E-state index contributed by atoms with van der Waals surface area (Å²) in [4.78, 5) is 7.30. The van der Waals surface area contributed by atoms with Crippen molar-refractivity contribution in [1.82, 2.24) is 9.97 Å². The number of fused-ring (bicyclic) bond motifs is 1. The van der Waals surface area contributed by atoms with Gasteiger partial charge in [0.05, 0.1) is 17.5 Å². The summed E-state index contributed by atoms with van der Waals surface area (Å²) in [6, 6.07) is 17.6. The van der Waals surface area contributed by atoms with Crippen LogP contribution in [-0.4, -0.2) is 9.97 Å². The molecule has 2 heterocycles. The van der Waals surface area contributed by atoms with Gasteiger partial charge in [-0.2, -0.15) is 0 Å². The fourth-order valence-electron chi connectivity index (χ4n) is 3.68. The molecule has 0 aliphatic carbocycles. The van der Waals surface area contributed by atoms with E-state index in [1.54, 1.807) is 18.5 Å². The number of benzene rings is 3. The molecule has 3 nitrogen and oxygen atoms in total. The molecule has 0 atom stereocenters. The number of rotatable bonds is 3. The highest BCUT2D eigenvalue weighted by Crippen LogP contribution is 2.33. The molecule has 1 N–H and O–H groups in total. The summed E-state index contributed by atoms with van der Waals surface area (Å²) in [5.74, 6) is -0.596. The number of H-pyrrole nitrogens is 1. The zero-order chi connectivity index (χ0) is 20.0. The van der Waals surface area contributed by atoms with E-state index in [0.29, 0.717) is 11.6 Å². The Bertz CT molecular complexity index is 1320. The van der Waals surface area contributed by atoms with Gasteiger partial charge in [-0.05, 0) is 66.1 Å². The van der Waals surface area contributed by atoms with Gasteiger partial charge < -0.3 is 9.40 Å². The number of hydrogen-bond acceptors (Lipinski definition) is 2. The largest absolute Gasteiger partial charge is 0.445 e. The zero-order valence-electron chi connectivity index (χ0n) is 15.5. The Hall–Kier alpha value is -3.73. The maximum Gasteiger partial charge on any atom is 0.225 e. The topological polar surface area (TPSA) is 41.8 Å². The summed E-state index contributed by atoms with van der Waals surface area (Å²) in [5, 5.41) is 0.885. The molecular formula is C24H16F2N2O. The third-order valence-electron chi connectivity index (χ3n) is 5.07. The number of aryl methyl sites for hydroxylation is 1. The number of nitrogens with one attached hydrogen (secondary N) is 1. The van der Waals surface area contributed by atoms with E-state index in [9.17, 15) is 8.78 Å². The number of nitrogens with zero attached hydrogens (tertiary/aromatic N) is 1. The van der Waals surface area contributed by atoms with E-state index in [4.69, 9.17) is 4.42 Å². The Balaban J connectivity index is 1.57. The van der Waals surface area contributed by atoms with Crippen molar-refractivity contribution in [3.63, 3.8) is 0 Å². The second-order valence-corrected chi connectivity index (χ2v) is 6.95. The Kier molecular flexibility index (Phi) is 4.02. The Labute approximate surface area is 165 Å². The molecule has 0 amide bonds. The Morgan fingerprint density at radius 1 is 0.897 bits per heavy atom. The second kappa shape index (κ2) is 6.71. The number of aromatic amines is 1. The van der Waals surface area contributed by atoms with Crippen LogP contribution < -0.4 is 0 Å². The van der Waals surface area contributed by atoms with Gasteiger partial charge in [0.1, 0.15) is 17.9 Å². The lowest BCUT2D eigenvalue weighted by molar-refractivity contribution is 0.574. The molecule has 29 heavy (non-hydrogen) atoms. The van der Waals surface area contributed by atoms with Gasteiger partial charge in [0.2, 0.25) is 5.89 Å². The van der Waals surface area contributed by atoms with Crippen LogP contribution in [0.25, 0.3) is 44.7 Å². The predicted octanol–water partition coefficient (Wildman–Crippen LogP) is 6.74. The van der Waals surface area contributed by atoms with E-state index >= 15 is 0 Å². The van der Waals surface area contributed by atoms with Crippen LogP contribution in [0.15, 0.2) is 77.5 Å². The lowest BCUT2D eigenvalue weighted by Crippen LogP contribution is -1.89. The van der Waals surface area contributed by atoms with E-state index in [0.717, 1.165) is 33.2 Å². The number of aromatic nitrogens is 2. The molecule has 0 fully saturated rings. The van der Waals surface area contributed by atoms with Crippen LogP contribution >= 0.6 is 0 Å². The van der Waals surface area contributed by atoms with Crippen LogP contribution in [0.2, 0.25) is 0 Å². The van der Waals surface area contributed by atoms with Crippen molar-refractivity contribution in [2.75, 3.05) is 0 Å². The quantitative estimate of drug-likeness (QED) is 0.373. The van der Waals surface area contributed by atoms with Gasteiger partial charge in [0, 0.05) is 16.5 Å². The first-order chi connectivity index (χ1) is 14.1. The number of hydrogen-bond donors (Lipinski definition) is 1. The summed E-state index contributed by atoms with van der Waals surface area (Å²) >= 11 is 0. The lowest BCUT2D eigenvalue weighted by atomic mass is 9.97. The molecule has 0 aliphatic rings. The van der Waals surface area contributed by atoms with Gasteiger partial charge >= 0.3 is 0 Å². The fourth-order valence-corrected chi connectivity index (χ4v) is 3.68. The summed E-state index contributed by atoms with van der Waals surface area (Å²) in [5.41, 5.74) is 5.28. The first kappa shape index (κ1) is 17.4. The van der Waals surface area contributed by atoms with Crippen molar-refractivity contribution in [3.8, 4) is 33.8 Å². The maximum atomic E-state index is 14.1. The zero-order valence-corrected chi connectivity index (χ0v) is 15.5. The van der Waals surface area contributed by atoms with Gasteiger partial charge in [0.15, 0.2) is 0 Å². The van der Waals surface area contributed by atoms with Gasteiger partial charge in [-0.15, -0.1) is 0 Å². The lowest BCUT2D eigenvalue weighted by Gasteiger charge is -2.08. The first-order valence-corrected chi connectivity index (χ1v) is 9.18. The fraction of sp³-hybridized carbons (Fsp3) is 0.0417. The van der Waals surface area contributed by atoms with Gasteiger partial charge in [-0.25, -0.2) is 13.8 Å². The summed E-state index contributed by atoms with van der Waals surface area (Å²) in [6.07, 6.45) is 3.17. The van der Waals surface area contributed by atoms with Crippen LogP contribution in [0.1, 0.15) is 5.56 Å². The molecule has 3 aromatic carbocycles. The minimum atomic E-state index is -0.588. The van der Waals surface area contributed by atoms with Gasteiger partial charge in [-0.1, -0.05) is 18.2 Å². The molecule has 0 radical (unpaired) electrons. The summed E-state index contributed by atoms with van der Waals surface area (Å²) in [7, 11) is 0. The molecule has 0 aliphatic heterocycles. The molecule has 5 aromatic rings. The van der Waals surface area contributed by atoms with Crippen LogP contribution in [0.4, 0.5) is 8.78 Å². The Morgan fingerprint density at radius 3 is 2.41 bits per heavy atom. The van der Waals surface area contributed by atoms with E-state index in [1.165, 1.54) is 18.2 Å². The minimum absolute atomic E-state index is 0.0447. The smallest absolute Gasteiger partial charge is 0.225 e. The molecule has 142 valence electrons. The molecule has 0 saturated carbocycles. The highest BCUT2D eigenvalue weighted by atomic mass is 19.1. The van der Waals surface area contributed by atoms with Gasteiger partial charge in [-0.3, -0.25) is 0 Å². The van der Waals surface area contributed by atoms with E-state index in [2.05, 4.69) is 9.97 Å². The second-order valence-electron chi connectivity index (χ2n) is 6.95. The minimum Gasteiger partial charge on any atom is -0.445 e. The standard InChI is InChI=1S/C24H16F2N2O/c1-14-11-16(24-27-9-10-29-24)5-7-18(14)15-6-8-21-17(12-15)13-22(28-21)23-19(25)3-2-4-20(23)26/h2-13,28H,1H3. The third-order valence-corrected chi connectivity index (χ3v) is 5.07. The van der Waals surface area contributed by atoms with Crippen molar-refractivity contribution in [1.29, 1.82) is 0 Å². The van der Waals surface area contributed by atoms with Crippen molar-refractivity contribution in [2.45, 2.75) is 6.92 Å². The van der Waals surface area contributed by atoms with Crippen molar-refractivity contribution in [3.05, 3.63) is 90.3 Å².